The summed E-state index contributed by atoms with van der Waals surface area (Å²) in [5, 5.41) is 17.9. The van der Waals surface area contributed by atoms with Crippen LogP contribution in [0.25, 0.3) is 0 Å². The van der Waals surface area contributed by atoms with Crippen LogP contribution in [0.3, 0.4) is 0 Å². The Morgan fingerprint density at radius 2 is 2.00 bits per heavy atom. The molecule has 3 heterocycles. The van der Waals surface area contributed by atoms with Crippen LogP contribution in [-0.2, 0) is 4.79 Å². The molecule has 0 saturated carbocycles. The zero-order chi connectivity index (χ0) is 17.4. The van der Waals surface area contributed by atoms with Crippen LogP contribution in [0.4, 0.5) is 5.95 Å². The molecular weight excluding hydrogens is 318 g/mol. The van der Waals surface area contributed by atoms with Crippen LogP contribution in [0.15, 0.2) is 41.9 Å². The summed E-state index contributed by atoms with van der Waals surface area (Å²) in [6, 6.07) is 6.59. The summed E-state index contributed by atoms with van der Waals surface area (Å²) in [5.41, 5.74) is 2.01. The molecule has 2 aromatic rings. The molecule has 1 atom stereocenters. The van der Waals surface area contributed by atoms with Crippen molar-refractivity contribution in [1.82, 2.24) is 19.7 Å². The second kappa shape index (κ2) is 6.23. The molecule has 1 aromatic carbocycles. The number of aromatic hydroxyl groups is 1. The molecule has 1 saturated heterocycles. The van der Waals surface area contributed by atoms with E-state index in [2.05, 4.69) is 15.4 Å². The molecule has 0 unspecified atom stereocenters. The number of rotatable bonds is 2. The summed E-state index contributed by atoms with van der Waals surface area (Å²) in [7, 11) is 0. The van der Waals surface area contributed by atoms with Gasteiger partial charge in [-0.1, -0.05) is 18.2 Å². The number of allylic oxidation sites excluding steroid dienone is 1. The maximum atomic E-state index is 13.3. The van der Waals surface area contributed by atoms with Gasteiger partial charge in [0.25, 0.3) is 5.91 Å². The molecule has 1 aromatic heterocycles. The van der Waals surface area contributed by atoms with E-state index in [1.54, 1.807) is 16.8 Å². The third kappa shape index (κ3) is 2.65. The highest BCUT2D eigenvalue weighted by Crippen LogP contribution is 2.39. The Kier molecular flexibility index (Phi) is 3.91. The van der Waals surface area contributed by atoms with Crippen molar-refractivity contribution in [2.45, 2.75) is 32.2 Å². The third-order valence-corrected chi connectivity index (χ3v) is 4.90. The van der Waals surface area contributed by atoms with Crippen LogP contribution in [0.1, 0.15) is 37.8 Å². The van der Waals surface area contributed by atoms with Crippen LogP contribution < -0.4 is 5.32 Å². The number of carbonyl (C=O) groups excluding carboxylic acids is 1. The fourth-order valence-corrected chi connectivity index (χ4v) is 3.64. The normalized spacial score (nSPS) is 20.2. The highest BCUT2D eigenvalue weighted by atomic mass is 16.3. The fourth-order valence-electron chi connectivity index (χ4n) is 3.64. The summed E-state index contributed by atoms with van der Waals surface area (Å²) in [5.74, 6) is 0.715. The predicted molar refractivity (Wildman–Crippen MR) is 93.0 cm³/mol. The lowest BCUT2D eigenvalue weighted by Crippen LogP contribution is -2.41. The van der Waals surface area contributed by atoms with Crippen LogP contribution in [-0.4, -0.2) is 43.8 Å². The first-order valence-electron chi connectivity index (χ1n) is 8.61. The standard InChI is InChI=1S/C18H21N5O2/c1-12-15(17(25)22-9-5-2-6-10-22)16(13-7-3-4-8-14(13)24)23-18(21-12)19-11-20-23/h3-4,7-8,11,16,24H,2,5-6,9-10H2,1H3,(H,19,20,21)/t16-/m1/s1. The van der Waals surface area contributed by atoms with Gasteiger partial charge in [-0.05, 0) is 32.3 Å². The van der Waals surface area contributed by atoms with Gasteiger partial charge in [-0.25, -0.2) is 4.68 Å². The molecule has 0 aliphatic carbocycles. The topological polar surface area (TPSA) is 83.3 Å². The van der Waals surface area contributed by atoms with Crippen molar-refractivity contribution in [3.8, 4) is 5.75 Å². The lowest BCUT2D eigenvalue weighted by molar-refractivity contribution is -0.128. The first kappa shape index (κ1) is 15.7. The average molecular weight is 339 g/mol. The Balaban J connectivity index is 1.82. The van der Waals surface area contributed by atoms with Gasteiger partial charge in [0, 0.05) is 24.4 Å². The van der Waals surface area contributed by atoms with Crippen molar-refractivity contribution in [3.63, 3.8) is 0 Å². The lowest BCUT2D eigenvalue weighted by Gasteiger charge is -2.34. The highest BCUT2D eigenvalue weighted by Gasteiger charge is 2.36. The predicted octanol–water partition coefficient (Wildman–Crippen LogP) is 2.29. The van der Waals surface area contributed by atoms with Gasteiger partial charge in [-0.3, -0.25) is 4.79 Å². The van der Waals surface area contributed by atoms with Gasteiger partial charge in [-0.2, -0.15) is 10.1 Å². The van der Waals surface area contributed by atoms with Gasteiger partial charge in [0.1, 0.15) is 18.1 Å². The first-order valence-corrected chi connectivity index (χ1v) is 8.61. The van der Waals surface area contributed by atoms with E-state index < -0.39 is 6.04 Å². The van der Waals surface area contributed by atoms with E-state index in [0.717, 1.165) is 38.0 Å². The number of hydrogen-bond donors (Lipinski definition) is 2. The molecule has 0 radical (unpaired) electrons. The van der Waals surface area contributed by atoms with Crippen molar-refractivity contribution in [3.05, 3.63) is 47.4 Å². The number of phenolic OH excluding ortho intramolecular Hbond substituents is 1. The van der Waals surface area contributed by atoms with E-state index >= 15 is 0 Å². The highest BCUT2D eigenvalue weighted by molar-refractivity contribution is 5.97. The number of nitrogens with zero attached hydrogens (tertiary/aromatic N) is 4. The van der Waals surface area contributed by atoms with Crippen molar-refractivity contribution in [2.24, 2.45) is 0 Å². The summed E-state index contributed by atoms with van der Waals surface area (Å²) in [6.07, 6.45) is 4.68. The molecule has 2 aliphatic rings. The van der Waals surface area contributed by atoms with E-state index in [9.17, 15) is 9.90 Å². The molecule has 0 bridgehead atoms. The van der Waals surface area contributed by atoms with Crippen molar-refractivity contribution < 1.29 is 9.90 Å². The minimum Gasteiger partial charge on any atom is -0.508 e. The van der Waals surface area contributed by atoms with Gasteiger partial charge in [-0.15, -0.1) is 0 Å². The quantitative estimate of drug-likeness (QED) is 0.877. The van der Waals surface area contributed by atoms with Crippen LogP contribution in [0, 0.1) is 0 Å². The number of nitrogens with one attached hydrogen (secondary N) is 1. The first-order chi connectivity index (χ1) is 12.2. The third-order valence-electron chi connectivity index (χ3n) is 4.90. The molecule has 2 aliphatic heterocycles. The molecule has 25 heavy (non-hydrogen) atoms. The number of phenols is 1. The largest absolute Gasteiger partial charge is 0.508 e. The van der Waals surface area contributed by atoms with Gasteiger partial charge < -0.3 is 15.3 Å². The van der Waals surface area contributed by atoms with Crippen LogP contribution in [0.5, 0.6) is 5.75 Å². The van der Waals surface area contributed by atoms with Crippen molar-refractivity contribution in [2.75, 3.05) is 18.4 Å². The Morgan fingerprint density at radius 3 is 2.76 bits per heavy atom. The number of benzene rings is 1. The van der Waals surface area contributed by atoms with Crippen LogP contribution >= 0.6 is 0 Å². The summed E-state index contributed by atoms with van der Waals surface area (Å²) < 4.78 is 1.67. The number of aromatic nitrogens is 3. The fraction of sp³-hybridized carbons (Fsp3) is 0.389. The van der Waals surface area contributed by atoms with Gasteiger partial charge in [0.05, 0.1) is 5.57 Å². The molecule has 7 heteroatoms. The monoisotopic (exact) mass is 339 g/mol. The maximum Gasteiger partial charge on any atom is 0.254 e. The number of hydrogen-bond acceptors (Lipinski definition) is 5. The van der Waals surface area contributed by atoms with Gasteiger partial charge in [0.15, 0.2) is 0 Å². The number of likely N-dealkylation sites (tertiary alicyclic amines) is 1. The summed E-state index contributed by atoms with van der Waals surface area (Å²) in [6.45, 7) is 3.42. The van der Waals surface area contributed by atoms with Crippen LogP contribution in [0.2, 0.25) is 0 Å². The Morgan fingerprint density at radius 1 is 1.24 bits per heavy atom. The molecule has 1 amide bonds. The van der Waals surface area contributed by atoms with E-state index in [0.29, 0.717) is 17.1 Å². The number of fused-ring (bicyclic) bond motifs is 1. The minimum absolute atomic E-state index is 0.000830. The Labute approximate surface area is 146 Å². The molecule has 0 spiro atoms. The summed E-state index contributed by atoms with van der Waals surface area (Å²) in [4.78, 5) is 19.4. The average Bonchev–Trinajstić information content (AvgIpc) is 3.09. The molecular formula is C18H21N5O2. The molecule has 130 valence electrons. The van der Waals surface area contributed by atoms with Crippen molar-refractivity contribution >= 4 is 11.9 Å². The van der Waals surface area contributed by atoms with Gasteiger partial charge >= 0.3 is 0 Å². The van der Waals surface area contributed by atoms with Crippen molar-refractivity contribution in [1.29, 1.82) is 0 Å². The molecule has 4 rings (SSSR count). The summed E-state index contributed by atoms with van der Waals surface area (Å²) >= 11 is 0. The van der Waals surface area contributed by atoms with E-state index in [1.807, 2.05) is 24.0 Å². The maximum absolute atomic E-state index is 13.3. The minimum atomic E-state index is -0.491. The second-order valence-corrected chi connectivity index (χ2v) is 6.51. The number of anilines is 1. The lowest BCUT2D eigenvalue weighted by atomic mass is 9.93. The molecule has 7 nitrogen and oxygen atoms in total. The Bertz CT molecular complexity index is 835. The zero-order valence-corrected chi connectivity index (χ0v) is 14.1. The van der Waals surface area contributed by atoms with Gasteiger partial charge in [0.2, 0.25) is 5.95 Å². The number of amides is 1. The number of piperidine rings is 1. The smallest absolute Gasteiger partial charge is 0.254 e. The molecule has 2 N–H and O–H groups in total. The molecule has 1 fully saturated rings. The van der Waals surface area contributed by atoms with E-state index in [-0.39, 0.29) is 11.7 Å². The SMILES string of the molecule is CC1=C(C(=O)N2CCCCC2)[C@@H](c2ccccc2O)n2ncnc2N1. The second-order valence-electron chi connectivity index (χ2n) is 6.51. The number of para-hydroxylation sites is 1. The number of carbonyl (C=O) groups is 1. The van der Waals surface area contributed by atoms with E-state index in [4.69, 9.17) is 0 Å². The van der Waals surface area contributed by atoms with E-state index in [1.165, 1.54) is 6.33 Å². The zero-order valence-electron chi connectivity index (χ0n) is 14.1. The Hall–Kier alpha value is -2.83.